The Hall–Kier alpha value is -2.92. The van der Waals surface area contributed by atoms with Crippen LogP contribution in [-0.4, -0.2) is 41.7 Å². The number of ether oxygens (including phenoxy) is 1. The third kappa shape index (κ3) is 3.96. The Kier molecular flexibility index (Phi) is 5.85. The summed E-state index contributed by atoms with van der Waals surface area (Å²) < 4.78 is 20.1. The van der Waals surface area contributed by atoms with E-state index in [1.165, 1.54) is 39.6 Å². The summed E-state index contributed by atoms with van der Waals surface area (Å²) in [6, 6.07) is 14.0. The van der Waals surface area contributed by atoms with Gasteiger partial charge >= 0.3 is 0 Å². The number of aromatic nitrogens is 1. The van der Waals surface area contributed by atoms with Crippen LogP contribution in [-0.2, 0) is 6.54 Å². The Morgan fingerprint density at radius 3 is 2.29 bits per heavy atom. The number of halogens is 1. The van der Waals surface area contributed by atoms with Crippen molar-refractivity contribution in [2.45, 2.75) is 52.7 Å². The summed E-state index contributed by atoms with van der Waals surface area (Å²) in [5.74, 6) is 0.542. The highest BCUT2D eigenvalue weighted by molar-refractivity contribution is 5.72. The van der Waals surface area contributed by atoms with Crippen LogP contribution in [0, 0.1) is 26.7 Å². The Bertz CT molecular complexity index is 1180. The Morgan fingerprint density at radius 2 is 1.65 bits per heavy atom. The van der Waals surface area contributed by atoms with Crippen LogP contribution in [0.1, 0.15) is 53.1 Å². The lowest BCUT2D eigenvalue weighted by Crippen LogP contribution is -2.46. The first kappa shape index (κ1) is 22.9. The van der Waals surface area contributed by atoms with Crippen molar-refractivity contribution in [3.63, 3.8) is 0 Å². The van der Waals surface area contributed by atoms with Gasteiger partial charge in [-0.05, 0) is 68.5 Å². The monoisotopic (exact) mass is 459 g/mol. The van der Waals surface area contributed by atoms with Crippen molar-refractivity contribution in [3.05, 3.63) is 88.0 Å². The number of benzene rings is 2. The number of piperazine rings is 1. The van der Waals surface area contributed by atoms with Crippen molar-refractivity contribution >= 4 is 5.69 Å². The smallest absolute Gasteiger partial charge is 0.212 e. The molecule has 3 aromatic rings. The molecule has 0 aliphatic carbocycles. The van der Waals surface area contributed by atoms with Crippen LogP contribution in [0.4, 0.5) is 10.1 Å². The molecular formula is C29H34FN3O. The van der Waals surface area contributed by atoms with Gasteiger partial charge in [0.25, 0.3) is 0 Å². The Balaban J connectivity index is 1.47. The largest absolute Gasteiger partial charge is 0.486 e. The minimum atomic E-state index is -0.452. The summed E-state index contributed by atoms with van der Waals surface area (Å²) in [4.78, 5) is 9.03. The van der Waals surface area contributed by atoms with E-state index >= 15 is 0 Å². The maximum Gasteiger partial charge on any atom is 0.212 e. The third-order valence-corrected chi connectivity index (χ3v) is 7.63. The first-order valence-corrected chi connectivity index (χ1v) is 12.2. The molecule has 0 bridgehead atoms. The summed E-state index contributed by atoms with van der Waals surface area (Å²) in [7, 11) is 0. The van der Waals surface area contributed by atoms with Gasteiger partial charge in [-0.3, -0.25) is 4.90 Å². The predicted octanol–water partition coefficient (Wildman–Crippen LogP) is 5.77. The molecule has 1 fully saturated rings. The van der Waals surface area contributed by atoms with E-state index in [0.717, 1.165) is 44.0 Å². The van der Waals surface area contributed by atoms with Crippen LogP contribution in [0.25, 0.3) is 0 Å². The van der Waals surface area contributed by atoms with Crippen molar-refractivity contribution < 1.29 is 9.13 Å². The molecule has 0 N–H and O–H groups in total. The van der Waals surface area contributed by atoms with E-state index < -0.39 is 11.5 Å². The maximum absolute atomic E-state index is 13.6. The fraction of sp³-hybridized carbons (Fsp3) is 0.414. The molecule has 2 aliphatic heterocycles. The van der Waals surface area contributed by atoms with Gasteiger partial charge in [0.2, 0.25) is 5.95 Å². The van der Waals surface area contributed by atoms with Crippen molar-refractivity contribution in [1.82, 2.24) is 9.88 Å². The van der Waals surface area contributed by atoms with Gasteiger partial charge in [0.15, 0.2) is 0 Å². The summed E-state index contributed by atoms with van der Waals surface area (Å²) in [5.41, 5.74) is 8.25. The van der Waals surface area contributed by atoms with E-state index in [2.05, 4.69) is 79.7 Å². The standard InChI is InChI=1S/C29H34FN3O/c1-19-20(2)28-25(26(29(4,5)34-28)23-11-12-24(30)31-17-23)21(3)27(19)33-15-13-32(14-16-33)18-22-9-7-6-8-10-22/h6-12,17,26H,13-16,18H2,1-5H3. The number of hydrogen-bond acceptors (Lipinski definition) is 4. The van der Waals surface area contributed by atoms with Crippen LogP contribution < -0.4 is 9.64 Å². The molecule has 2 aliphatic rings. The molecule has 2 aromatic carbocycles. The molecular weight excluding hydrogens is 425 g/mol. The molecule has 0 saturated carbocycles. The Labute approximate surface area is 202 Å². The topological polar surface area (TPSA) is 28.6 Å². The molecule has 5 heteroatoms. The van der Waals surface area contributed by atoms with Gasteiger partial charge in [-0.15, -0.1) is 0 Å². The first-order valence-electron chi connectivity index (χ1n) is 12.2. The van der Waals surface area contributed by atoms with E-state index in [1.54, 1.807) is 6.20 Å². The quantitative estimate of drug-likeness (QED) is 0.463. The lowest BCUT2D eigenvalue weighted by molar-refractivity contribution is 0.121. The number of rotatable bonds is 4. The second-order valence-electron chi connectivity index (χ2n) is 10.3. The molecule has 0 amide bonds. The summed E-state index contributed by atoms with van der Waals surface area (Å²) in [5, 5.41) is 0. The van der Waals surface area contributed by atoms with Gasteiger partial charge in [0, 0.05) is 50.2 Å². The molecule has 1 saturated heterocycles. The van der Waals surface area contributed by atoms with E-state index in [-0.39, 0.29) is 5.92 Å². The van der Waals surface area contributed by atoms with E-state index in [4.69, 9.17) is 4.74 Å². The number of pyridine rings is 1. The van der Waals surface area contributed by atoms with Gasteiger partial charge in [-0.25, -0.2) is 4.98 Å². The van der Waals surface area contributed by atoms with E-state index in [1.807, 2.05) is 6.07 Å². The normalized spacial score (nSPS) is 19.7. The number of fused-ring (bicyclic) bond motifs is 1. The van der Waals surface area contributed by atoms with Crippen molar-refractivity contribution in [2.75, 3.05) is 31.1 Å². The lowest BCUT2D eigenvalue weighted by atomic mass is 9.79. The molecule has 1 atom stereocenters. The average molecular weight is 460 g/mol. The van der Waals surface area contributed by atoms with Crippen molar-refractivity contribution in [3.8, 4) is 5.75 Å². The summed E-state index contributed by atoms with van der Waals surface area (Å²) in [6.07, 6.45) is 1.66. The zero-order valence-corrected chi connectivity index (χ0v) is 20.9. The second-order valence-corrected chi connectivity index (χ2v) is 10.3. The molecule has 3 heterocycles. The van der Waals surface area contributed by atoms with Gasteiger partial charge in [-0.2, -0.15) is 4.39 Å². The lowest BCUT2D eigenvalue weighted by Gasteiger charge is -2.38. The number of hydrogen-bond donors (Lipinski definition) is 0. The molecule has 4 nitrogen and oxygen atoms in total. The maximum atomic E-state index is 13.6. The number of nitrogens with zero attached hydrogens (tertiary/aromatic N) is 3. The van der Waals surface area contributed by atoms with E-state index in [9.17, 15) is 4.39 Å². The summed E-state index contributed by atoms with van der Waals surface area (Å²) in [6.45, 7) is 15.9. The van der Waals surface area contributed by atoms with Gasteiger partial charge in [0.1, 0.15) is 11.4 Å². The highest BCUT2D eigenvalue weighted by Gasteiger charge is 2.45. The van der Waals surface area contributed by atoms with Crippen LogP contribution in [0.5, 0.6) is 5.75 Å². The fourth-order valence-corrected chi connectivity index (χ4v) is 5.85. The van der Waals surface area contributed by atoms with Crippen molar-refractivity contribution in [2.24, 2.45) is 0 Å². The van der Waals surface area contributed by atoms with Gasteiger partial charge in [-0.1, -0.05) is 36.4 Å². The molecule has 5 rings (SSSR count). The molecule has 34 heavy (non-hydrogen) atoms. The SMILES string of the molecule is Cc1c(C)c(N2CCN(Cc3ccccc3)CC2)c(C)c2c1OC(C)(C)C2c1ccc(F)nc1. The van der Waals surface area contributed by atoms with Crippen LogP contribution in [0.3, 0.4) is 0 Å². The first-order chi connectivity index (χ1) is 16.3. The molecule has 0 spiro atoms. The Morgan fingerprint density at radius 1 is 0.941 bits per heavy atom. The van der Waals surface area contributed by atoms with Crippen molar-refractivity contribution in [1.29, 1.82) is 0 Å². The van der Waals surface area contributed by atoms with Gasteiger partial charge < -0.3 is 9.64 Å². The zero-order valence-electron chi connectivity index (χ0n) is 20.9. The minimum absolute atomic E-state index is 0.00743. The highest BCUT2D eigenvalue weighted by Crippen LogP contribution is 2.54. The minimum Gasteiger partial charge on any atom is -0.486 e. The second kappa shape index (κ2) is 8.70. The number of anilines is 1. The molecule has 178 valence electrons. The fourth-order valence-electron chi connectivity index (χ4n) is 5.85. The molecule has 0 radical (unpaired) electrons. The van der Waals surface area contributed by atoms with Gasteiger partial charge in [0.05, 0.1) is 5.92 Å². The molecule has 1 unspecified atom stereocenters. The average Bonchev–Trinajstić information content (AvgIpc) is 3.11. The van der Waals surface area contributed by atoms with E-state index in [0.29, 0.717) is 0 Å². The third-order valence-electron chi connectivity index (χ3n) is 7.63. The summed E-state index contributed by atoms with van der Waals surface area (Å²) >= 11 is 0. The highest BCUT2D eigenvalue weighted by atomic mass is 19.1. The predicted molar refractivity (Wildman–Crippen MR) is 135 cm³/mol. The van der Waals surface area contributed by atoms with Crippen LogP contribution in [0.15, 0.2) is 48.7 Å². The van der Waals surface area contributed by atoms with Crippen LogP contribution in [0.2, 0.25) is 0 Å². The molecule has 1 aromatic heterocycles. The zero-order chi connectivity index (χ0) is 24.0. The van der Waals surface area contributed by atoms with Crippen LogP contribution >= 0.6 is 0 Å².